The van der Waals surface area contributed by atoms with E-state index >= 15 is 0 Å². The molecule has 1 unspecified atom stereocenters. The van der Waals surface area contributed by atoms with Crippen molar-refractivity contribution in [2.24, 2.45) is 0 Å². The molecule has 0 spiro atoms. The minimum absolute atomic E-state index is 0.104. The van der Waals surface area contributed by atoms with Crippen LogP contribution in [0.15, 0.2) is 12.1 Å². The second-order valence-corrected chi connectivity index (χ2v) is 4.11. The maximum Gasteiger partial charge on any atom is 0.420 e. The number of aryl methyl sites for hydroxylation is 1. The third kappa shape index (κ3) is 2.64. The number of halogens is 4. The fourth-order valence-corrected chi connectivity index (χ4v) is 1.97. The average Bonchev–Trinajstić information content (AvgIpc) is 2.35. The maximum absolute atomic E-state index is 13.2. The maximum atomic E-state index is 13.2. The average molecular weight is 278 g/mol. The predicted octanol–water partition coefficient (Wildman–Crippen LogP) is 2.71. The molecule has 3 nitrogen and oxygen atoms in total. The Hall–Kier alpha value is -1.79. The van der Waals surface area contributed by atoms with Gasteiger partial charge in [0.15, 0.2) is 6.10 Å². The molecule has 1 aliphatic heterocycles. The summed E-state index contributed by atoms with van der Waals surface area (Å²) in [5, 5.41) is 0. The van der Waals surface area contributed by atoms with Gasteiger partial charge in [0.05, 0.1) is 7.11 Å². The van der Waals surface area contributed by atoms with E-state index in [0.717, 1.165) is 13.2 Å². The van der Waals surface area contributed by atoms with Gasteiger partial charge in [0, 0.05) is 0 Å². The number of benzene rings is 1. The Morgan fingerprint density at radius 3 is 2.68 bits per heavy atom. The molecule has 0 aromatic heterocycles. The van der Waals surface area contributed by atoms with Gasteiger partial charge in [-0.2, -0.15) is 13.2 Å². The van der Waals surface area contributed by atoms with Crippen LogP contribution in [0.2, 0.25) is 0 Å². The van der Waals surface area contributed by atoms with Crippen LogP contribution in [0.3, 0.4) is 0 Å². The fourth-order valence-electron chi connectivity index (χ4n) is 1.97. The van der Waals surface area contributed by atoms with Gasteiger partial charge in [0.2, 0.25) is 0 Å². The molecule has 0 fully saturated rings. The molecule has 19 heavy (non-hydrogen) atoms. The van der Waals surface area contributed by atoms with Gasteiger partial charge in [-0.1, -0.05) is 0 Å². The molecule has 104 valence electrons. The number of methoxy groups -OCH3 is 1. The molecule has 1 atom stereocenters. The fraction of sp³-hybridized carbons (Fsp3) is 0.417. The van der Waals surface area contributed by atoms with Crippen molar-refractivity contribution in [3.8, 4) is 5.75 Å². The molecule has 2 rings (SSSR count). The first-order valence-corrected chi connectivity index (χ1v) is 5.47. The van der Waals surface area contributed by atoms with Crippen LogP contribution in [0, 0.1) is 5.82 Å². The van der Waals surface area contributed by atoms with Gasteiger partial charge in [-0.3, -0.25) is 0 Å². The number of carbonyl (C=O) groups excluding carboxylic acids is 1. The highest BCUT2D eigenvalue weighted by atomic mass is 19.4. The quantitative estimate of drug-likeness (QED) is 0.585. The normalized spacial score (nSPS) is 18.5. The van der Waals surface area contributed by atoms with E-state index in [9.17, 15) is 22.4 Å². The zero-order valence-corrected chi connectivity index (χ0v) is 9.88. The number of fused-ring (bicyclic) bond motifs is 1. The highest BCUT2D eigenvalue weighted by molar-refractivity contribution is 5.75. The lowest BCUT2D eigenvalue weighted by molar-refractivity contribution is -0.152. The van der Waals surface area contributed by atoms with Crippen molar-refractivity contribution in [3.63, 3.8) is 0 Å². The standard InChI is InChI=1S/C12H10F4O3/c1-18-11(17)9-3-2-6-4-7(13)5-8(10(6)19-9)12(14,15)16/h4-5,9H,2-3H2,1H3. The molecule has 1 aliphatic rings. The van der Waals surface area contributed by atoms with Gasteiger partial charge in [0.25, 0.3) is 0 Å². The van der Waals surface area contributed by atoms with Crippen LogP contribution < -0.4 is 4.74 Å². The second kappa shape index (κ2) is 4.71. The number of carbonyl (C=O) groups is 1. The Morgan fingerprint density at radius 2 is 2.11 bits per heavy atom. The van der Waals surface area contributed by atoms with E-state index in [1.807, 2.05) is 0 Å². The van der Waals surface area contributed by atoms with Gasteiger partial charge in [0.1, 0.15) is 17.1 Å². The molecular weight excluding hydrogens is 268 g/mol. The third-order valence-electron chi connectivity index (χ3n) is 2.84. The first-order chi connectivity index (χ1) is 8.82. The molecule has 1 aromatic carbocycles. The molecule has 0 aliphatic carbocycles. The monoisotopic (exact) mass is 278 g/mol. The molecule has 7 heteroatoms. The van der Waals surface area contributed by atoms with Crippen LogP contribution in [0.4, 0.5) is 17.6 Å². The summed E-state index contributed by atoms with van der Waals surface area (Å²) in [6, 6.07) is 1.34. The number of ether oxygens (including phenoxy) is 2. The van der Waals surface area contributed by atoms with E-state index in [0.29, 0.717) is 6.07 Å². The molecule has 0 N–H and O–H groups in total. The Morgan fingerprint density at radius 1 is 1.42 bits per heavy atom. The van der Waals surface area contributed by atoms with Crippen LogP contribution in [0.1, 0.15) is 17.5 Å². The molecular formula is C12H10F4O3. The SMILES string of the molecule is COC(=O)C1CCc2cc(F)cc(C(F)(F)F)c2O1. The summed E-state index contributed by atoms with van der Waals surface area (Å²) in [6.07, 6.45) is -5.57. The molecule has 0 saturated heterocycles. The molecule has 0 saturated carbocycles. The smallest absolute Gasteiger partial charge is 0.420 e. The summed E-state index contributed by atoms with van der Waals surface area (Å²) in [4.78, 5) is 11.3. The number of alkyl halides is 3. The van der Waals surface area contributed by atoms with Gasteiger partial charge in [-0.25, -0.2) is 9.18 Å². The van der Waals surface area contributed by atoms with Gasteiger partial charge < -0.3 is 9.47 Å². The summed E-state index contributed by atoms with van der Waals surface area (Å²) >= 11 is 0. The minimum Gasteiger partial charge on any atom is -0.478 e. The van der Waals surface area contributed by atoms with Crippen molar-refractivity contribution < 1.29 is 31.8 Å². The second-order valence-electron chi connectivity index (χ2n) is 4.11. The summed E-state index contributed by atoms with van der Waals surface area (Å²) in [6.45, 7) is 0. The van der Waals surface area contributed by atoms with Crippen molar-refractivity contribution >= 4 is 5.97 Å². The van der Waals surface area contributed by atoms with Crippen molar-refractivity contribution in [2.75, 3.05) is 7.11 Å². The van der Waals surface area contributed by atoms with Gasteiger partial charge in [-0.05, 0) is 30.5 Å². The topological polar surface area (TPSA) is 35.5 Å². The Kier molecular flexibility index (Phi) is 3.38. The van der Waals surface area contributed by atoms with Crippen LogP contribution in [0.5, 0.6) is 5.75 Å². The Labute approximate surface area is 106 Å². The third-order valence-corrected chi connectivity index (χ3v) is 2.84. The van der Waals surface area contributed by atoms with Crippen molar-refractivity contribution in [2.45, 2.75) is 25.1 Å². The van der Waals surface area contributed by atoms with Gasteiger partial charge in [-0.15, -0.1) is 0 Å². The molecule has 1 aromatic rings. The molecule has 0 amide bonds. The van der Waals surface area contributed by atoms with Crippen LogP contribution in [-0.2, 0) is 22.1 Å². The summed E-state index contributed by atoms with van der Waals surface area (Å²) in [7, 11) is 1.12. The summed E-state index contributed by atoms with van der Waals surface area (Å²) in [5.41, 5.74) is -1.11. The minimum atomic E-state index is -4.75. The molecule has 0 radical (unpaired) electrons. The largest absolute Gasteiger partial charge is 0.478 e. The van der Waals surface area contributed by atoms with Gasteiger partial charge >= 0.3 is 12.1 Å². The first kappa shape index (κ1) is 13.6. The number of rotatable bonds is 1. The Balaban J connectivity index is 2.45. The highest BCUT2D eigenvalue weighted by Crippen LogP contribution is 2.41. The zero-order chi connectivity index (χ0) is 14.2. The van der Waals surface area contributed by atoms with E-state index in [2.05, 4.69) is 4.74 Å². The predicted molar refractivity (Wildman–Crippen MR) is 56.2 cm³/mol. The molecule has 1 heterocycles. The van der Waals surface area contributed by atoms with E-state index in [1.54, 1.807) is 0 Å². The van der Waals surface area contributed by atoms with Crippen molar-refractivity contribution in [3.05, 3.63) is 29.1 Å². The summed E-state index contributed by atoms with van der Waals surface area (Å²) < 4.78 is 61.0. The van der Waals surface area contributed by atoms with E-state index < -0.39 is 35.4 Å². The van der Waals surface area contributed by atoms with Crippen LogP contribution >= 0.6 is 0 Å². The number of hydrogen-bond donors (Lipinski definition) is 0. The lowest BCUT2D eigenvalue weighted by Crippen LogP contribution is -2.33. The van der Waals surface area contributed by atoms with E-state index in [4.69, 9.17) is 4.74 Å². The lowest BCUT2D eigenvalue weighted by atomic mass is 9.98. The number of hydrogen-bond acceptors (Lipinski definition) is 3. The van der Waals surface area contributed by atoms with Crippen LogP contribution in [-0.4, -0.2) is 19.2 Å². The van der Waals surface area contributed by atoms with Crippen molar-refractivity contribution in [1.82, 2.24) is 0 Å². The van der Waals surface area contributed by atoms with Crippen LogP contribution in [0.25, 0.3) is 0 Å². The lowest BCUT2D eigenvalue weighted by Gasteiger charge is -2.26. The summed E-state index contributed by atoms with van der Waals surface area (Å²) in [5.74, 6) is -2.22. The zero-order valence-electron chi connectivity index (χ0n) is 9.88. The Bertz CT molecular complexity index is 510. The molecule has 0 bridgehead atoms. The number of esters is 1. The first-order valence-electron chi connectivity index (χ1n) is 5.47. The highest BCUT2D eigenvalue weighted by Gasteiger charge is 2.39. The van der Waals surface area contributed by atoms with Crippen molar-refractivity contribution in [1.29, 1.82) is 0 Å². The van der Waals surface area contributed by atoms with E-state index in [-0.39, 0.29) is 18.4 Å². The van der Waals surface area contributed by atoms with E-state index in [1.165, 1.54) is 0 Å².